The highest BCUT2D eigenvalue weighted by Gasteiger charge is 2.14. The van der Waals surface area contributed by atoms with Crippen LogP contribution in [0.4, 0.5) is 0 Å². The van der Waals surface area contributed by atoms with Crippen molar-refractivity contribution in [3.63, 3.8) is 0 Å². The first kappa shape index (κ1) is 13.9. The molecule has 1 heterocycles. The third-order valence-corrected chi connectivity index (χ3v) is 2.50. The first-order valence-corrected chi connectivity index (χ1v) is 5.99. The van der Waals surface area contributed by atoms with Crippen molar-refractivity contribution in [3.05, 3.63) is 0 Å². The molecule has 0 atom stereocenters. The summed E-state index contributed by atoms with van der Waals surface area (Å²) in [6, 6.07) is 0. The van der Waals surface area contributed by atoms with Crippen molar-refractivity contribution in [2.24, 2.45) is 0 Å². The molecule has 0 spiro atoms. The fraction of sp³-hybridized carbons (Fsp3) is 0.818. The second kappa shape index (κ2) is 8.03. The minimum atomic E-state index is -0.807. The number of esters is 1. The zero-order valence-electron chi connectivity index (χ0n) is 10.2. The van der Waals surface area contributed by atoms with Crippen molar-refractivity contribution >= 4 is 11.9 Å². The molecule has 1 fully saturated rings. The van der Waals surface area contributed by atoms with E-state index in [0.29, 0.717) is 6.54 Å². The minimum absolute atomic E-state index is 0.222. The third-order valence-electron chi connectivity index (χ3n) is 2.50. The van der Waals surface area contributed by atoms with Crippen LogP contribution in [0, 0.1) is 0 Å². The number of nitrogens with zero attached hydrogens (tertiary/aromatic N) is 1. The van der Waals surface area contributed by atoms with Gasteiger partial charge in [-0.3, -0.25) is 9.69 Å². The summed E-state index contributed by atoms with van der Waals surface area (Å²) in [5.41, 5.74) is 0. The Morgan fingerprint density at radius 2 is 2.06 bits per heavy atom. The monoisotopic (exact) mass is 244 g/mol. The third kappa shape index (κ3) is 5.65. The lowest BCUT2D eigenvalue weighted by Gasteiger charge is -2.26. The summed E-state index contributed by atoms with van der Waals surface area (Å²) in [6.45, 7) is 6.72. The predicted molar refractivity (Wildman–Crippen MR) is 61.5 cm³/mol. The summed E-state index contributed by atoms with van der Waals surface area (Å²) in [5, 5.41) is 2.54. The van der Waals surface area contributed by atoms with Crippen LogP contribution in [-0.4, -0.2) is 62.8 Å². The molecule has 0 saturated carbocycles. The van der Waals surface area contributed by atoms with Crippen LogP contribution in [0.2, 0.25) is 0 Å². The van der Waals surface area contributed by atoms with Gasteiger partial charge in [-0.25, -0.2) is 4.79 Å². The van der Waals surface area contributed by atoms with Gasteiger partial charge in [0.2, 0.25) is 0 Å². The summed E-state index contributed by atoms with van der Waals surface area (Å²) < 4.78 is 9.80. The van der Waals surface area contributed by atoms with E-state index in [1.54, 1.807) is 6.92 Å². The first-order valence-electron chi connectivity index (χ1n) is 5.99. The molecule has 6 nitrogen and oxygen atoms in total. The summed E-state index contributed by atoms with van der Waals surface area (Å²) in [4.78, 5) is 24.4. The average molecular weight is 244 g/mol. The van der Waals surface area contributed by atoms with Gasteiger partial charge in [-0.1, -0.05) is 0 Å². The largest absolute Gasteiger partial charge is 0.459 e. The van der Waals surface area contributed by atoms with E-state index in [9.17, 15) is 9.59 Å². The van der Waals surface area contributed by atoms with Crippen LogP contribution in [0.5, 0.6) is 0 Å². The van der Waals surface area contributed by atoms with Crippen molar-refractivity contribution < 1.29 is 19.1 Å². The van der Waals surface area contributed by atoms with Crippen molar-refractivity contribution in [2.75, 3.05) is 46.0 Å². The molecule has 0 radical (unpaired) electrons. The number of morpholine rings is 1. The Labute approximate surface area is 101 Å². The van der Waals surface area contributed by atoms with Gasteiger partial charge in [-0.2, -0.15) is 0 Å². The maximum atomic E-state index is 11.2. The Bertz CT molecular complexity index is 252. The van der Waals surface area contributed by atoms with Gasteiger partial charge in [0.25, 0.3) is 0 Å². The predicted octanol–water partition coefficient (Wildman–Crippen LogP) is -0.612. The number of amides is 1. The van der Waals surface area contributed by atoms with Gasteiger partial charge in [-0.05, 0) is 19.9 Å². The Morgan fingerprint density at radius 3 is 2.71 bits per heavy atom. The van der Waals surface area contributed by atoms with Crippen LogP contribution in [0.3, 0.4) is 0 Å². The molecule has 1 aliphatic heterocycles. The second-order valence-corrected chi connectivity index (χ2v) is 3.78. The SMILES string of the molecule is CCOC(=O)C(=O)NCCCN1CCOCC1. The van der Waals surface area contributed by atoms with E-state index in [-0.39, 0.29) is 6.61 Å². The molecule has 1 N–H and O–H groups in total. The smallest absolute Gasteiger partial charge is 0.396 e. The molecule has 98 valence electrons. The van der Waals surface area contributed by atoms with Crippen LogP contribution in [0.1, 0.15) is 13.3 Å². The van der Waals surface area contributed by atoms with Gasteiger partial charge in [0.15, 0.2) is 0 Å². The fourth-order valence-electron chi connectivity index (χ4n) is 1.60. The standard InChI is InChI=1S/C11H20N2O4/c1-2-17-11(15)10(14)12-4-3-5-13-6-8-16-9-7-13/h2-9H2,1H3,(H,12,14). The normalized spacial score (nSPS) is 16.5. The Kier molecular flexibility index (Phi) is 6.57. The number of hydrogen-bond acceptors (Lipinski definition) is 5. The number of hydrogen-bond donors (Lipinski definition) is 1. The van der Waals surface area contributed by atoms with Crippen molar-refractivity contribution in [2.45, 2.75) is 13.3 Å². The minimum Gasteiger partial charge on any atom is -0.459 e. The molecular formula is C11H20N2O4. The van der Waals surface area contributed by atoms with Crippen LogP contribution in [0.25, 0.3) is 0 Å². The first-order chi connectivity index (χ1) is 8.24. The van der Waals surface area contributed by atoms with Crippen LogP contribution in [-0.2, 0) is 19.1 Å². The van der Waals surface area contributed by atoms with Gasteiger partial charge >= 0.3 is 11.9 Å². The molecule has 0 bridgehead atoms. The van der Waals surface area contributed by atoms with E-state index in [1.165, 1.54) is 0 Å². The zero-order valence-corrected chi connectivity index (χ0v) is 10.2. The van der Waals surface area contributed by atoms with E-state index in [1.807, 2.05) is 0 Å². The van der Waals surface area contributed by atoms with Gasteiger partial charge < -0.3 is 14.8 Å². The highest BCUT2D eigenvalue weighted by atomic mass is 16.5. The molecule has 0 aromatic heterocycles. The summed E-state index contributed by atoms with van der Waals surface area (Å²) in [7, 11) is 0. The molecule has 6 heteroatoms. The summed E-state index contributed by atoms with van der Waals surface area (Å²) in [5.74, 6) is -1.47. The molecule has 0 aliphatic carbocycles. The number of carbonyl (C=O) groups excluding carboxylic acids is 2. The molecule has 1 rings (SSSR count). The quantitative estimate of drug-likeness (QED) is 0.397. The second-order valence-electron chi connectivity index (χ2n) is 3.78. The van der Waals surface area contributed by atoms with E-state index in [4.69, 9.17) is 4.74 Å². The molecule has 17 heavy (non-hydrogen) atoms. The van der Waals surface area contributed by atoms with E-state index < -0.39 is 11.9 Å². The highest BCUT2D eigenvalue weighted by molar-refractivity contribution is 6.32. The molecule has 1 aliphatic rings. The van der Waals surface area contributed by atoms with Crippen molar-refractivity contribution in [1.82, 2.24) is 10.2 Å². The number of ether oxygens (including phenoxy) is 2. The fourth-order valence-corrected chi connectivity index (χ4v) is 1.60. The number of carbonyl (C=O) groups is 2. The van der Waals surface area contributed by atoms with E-state index in [2.05, 4.69) is 15.0 Å². The summed E-state index contributed by atoms with van der Waals surface area (Å²) >= 11 is 0. The van der Waals surface area contributed by atoms with Crippen molar-refractivity contribution in [3.8, 4) is 0 Å². The lowest BCUT2D eigenvalue weighted by atomic mass is 10.3. The summed E-state index contributed by atoms with van der Waals surface area (Å²) in [6.07, 6.45) is 0.825. The molecule has 0 aromatic rings. The Hall–Kier alpha value is -1.14. The molecule has 1 amide bonds. The Morgan fingerprint density at radius 1 is 1.35 bits per heavy atom. The number of nitrogens with one attached hydrogen (secondary N) is 1. The average Bonchev–Trinajstić information content (AvgIpc) is 2.36. The van der Waals surface area contributed by atoms with E-state index in [0.717, 1.165) is 39.3 Å². The molecule has 0 unspecified atom stereocenters. The van der Waals surface area contributed by atoms with Crippen LogP contribution < -0.4 is 5.32 Å². The van der Waals surface area contributed by atoms with Crippen LogP contribution >= 0.6 is 0 Å². The Balaban J connectivity index is 2.03. The maximum Gasteiger partial charge on any atom is 0.396 e. The zero-order chi connectivity index (χ0) is 12.5. The highest BCUT2D eigenvalue weighted by Crippen LogP contribution is 1.97. The molecular weight excluding hydrogens is 224 g/mol. The maximum absolute atomic E-state index is 11.2. The van der Waals surface area contributed by atoms with Crippen LogP contribution in [0.15, 0.2) is 0 Å². The topological polar surface area (TPSA) is 67.9 Å². The van der Waals surface area contributed by atoms with Crippen molar-refractivity contribution in [1.29, 1.82) is 0 Å². The number of rotatable bonds is 5. The van der Waals surface area contributed by atoms with Gasteiger partial charge in [0.05, 0.1) is 19.8 Å². The van der Waals surface area contributed by atoms with E-state index >= 15 is 0 Å². The van der Waals surface area contributed by atoms with Gasteiger partial charge in [0.1, 0.15) is 0 Å². The lowest BCUT2D eigenvalue weighted by molar-refractivity contribution is -0.154. The lowest BCUT2D eigenvalue weighted by Crippen LogP contribution is -2.39. The molecule has 0 aromatic carbocycles. The van der Waals surface area contributed by atoms with Gasteiger partial charge in [0, 0.05) is 19.6 Å². The van der Waals surface area contributed by atoms with Gasteiger partial charge in [-0.15, -0.1) is 0 Å². The molecule has 1 saturated heterocycles.